The number of carbonyl (C=O) groups excluding carboxylic acids is 1. The van der Waals surface area contributed by atoms with Gasteiger partial charge in [0.05, 0.1) is 7.85 Å². The Morgan fingerprint density at radius 3 is 2.00 bits per heavy atom. The Kier molecular flexibility index (Phi) is 15.1. The van der Waals surface area contributed by atoms with Crippen molar-refractivity contribution in [1.82, 2.24) is 0 Å². The first kappa shape index (κ1) is 15.8. The molecule has 0 aromatic carbocycles. The van der Waals surface area contributed by atoms with Gasteiger partial charge in [-0.15, -0.1) is 6.92 Å². The van der Waals surface area contributed by atoms with Crippen molar-refractivity contribution in [1.29, 1.82) is 0 Å². The average molecular weight is 221 g/mol. The molecular weight excluding hydrogens is 203 g/mol. The largest absolute Gasteiger partial charge is 0.520 e. The van der Waals surface area contributed by atoms with E-state index < -0.39 is 0 Å². The quantitative estimate of drug-likeness (QED) is 0.495. The third-order valence-electron chi connectivity index (χ3n) is 0.981. The van der Waals surface area contributed by atoms with Gasteiger partial charge in [0.2, 0.25) is 0 Å². The normalized spacial score (nSPS) is 15.2. The van der Waals surface area contributed by atoms with Gasteiger partial charge < -0.3 is 14.3 Å². The number of Topliss-reactive ketones (excluding diaryl/α,β-unsaturated/α-hetero) is 1. The molecule has 0 amide bonds. The van der Waals surface area contributed by atoms with Gasteiger partial charge in [-0.25, -0.2) is 0 Å². The van der Waals surface area contributed by atoms with Crippen molar-refractivity contribution < 1.29 is 37.4 Å². The zero-order chi connectivity index (χ0) is 10.7. The van der Waals surface area contributed by atoms with Crippen LogP contribution >= 0.6 is 0 Å². The fourth-order valence-electron chi connectivity index (χ4n) is 0.412. The zero-order valence-corrected chi connectivity index (χ0v) is 9.98. The summed E-state index contributed by atoms with van der Waals surface area (Å²) in [6, 6.07) is 0. The van der Waals surface area contributed by atoms with Crippen molar-refractivity contribution in [3.63, 3.8) is 0 Å². The molecule has 1 rings (SSSR count). The molecule has 1 fully saturated rings. The minimum atomic E-state index is 0. The van der Waals surface area contributed by atoms with Gasteiger partial charge in [-0.2, -0.15) is 0 Å². The van der Waals surface area contributed by atoms with Crippen LogP contribution in [0.5, 0.6) is 0 Å². The van der Waals surface area contributed by atoms with Crippen LogP contribution in [0.15, 0.2) is 0 Å². The first-order valence-corrected chi connectivity index (χ1v) is 3.45. The molecule has 74 valence electrons. The van der Waals surface area contributed by atoms with Gasteiger partial charge in [0.1, 0.15) is 5.78 Å². The Balaban J connectivity index is -0.000000141. The minimum absolute atomic E-state index is 0. The molecule has 1 saturated heterocycles. The van der Waals surface area contributed by atoms with Crippen LogP contribution in [0.2, 0.25) is 6.32 Å². The third kappa shape index (κ3) is 15.2. The van der Waals surface area contributed by atoms with E-state index in [1.54, 1.807) is 0 Å². The van der Waals surface area contributed by atoms with Gasteiger partial charge in [-0.1, -0.05) is 13.7 Å². The van der Waals surface area contributed by atoms with E-state index in [1.165, 1.54) is 14.3 Å². The van der Waals surface area contributed by atoms with Crippen molar-refractivity contribution in [2.75, 3.05) is 13.2 Å². The second-order valence-electron chi connectivity index (χ2n) is 2.09. The van der Waals surface area contributed by atoms with Gasteiger partial charge in [0.25, 0.3) is 0 Å². The van der Waals surface area contributed by atoms with E-state index in [9.17, 15) is 4.79 Å². The fraction of sp³-hybridized carbons (Fsp3) is 0.750. The van der Waals surface area contributed by atoms with E-state index in [0.29, 0.717) is 6.29 Å². The van der Waals surface area contributed by atoms with Crippen molar-refractivity contribution >= 4 is 13.6 Å². The Morgan fingerprint density at radius 1 is 1.62 bits per heavy atom. The molecule has 0 unspecified atom stereocenters. The van der Waals surface area contributed by atoms with E-state index >= 15 is 0 Å². The maximum atomic E-state index is 9.69. The number of rotatable bonds is 1. The predicted molar refractivity (Wildman–Crippen MR) is 48.8 cm³/mol. The molecule has 1 aliphatic heterocycles. The van der Waals surface area contributed by atoms with Gasteiger partial charge >= 0.3 is 0 Å². The fourth-order valence-corrected chi connectivity index (χ4v) is 0.412. The van der Waals surface area contributed by atoms with E-state index in [4.69, 9.17) is 18.7 Å². The molecule has 0 atom stereocenters. The molecule has 3 nitrogen and oxygen atoms in total. The summed E-state index contributed by atoms with van der Waals surface area (Å²) in [6.45, 7) is 4.73. The number of ether oxygens (including phenoxy) is 2. The second kappa shape index (κ2) is 12.4. The van der Waals surface area contributed by atoms with Crippen LogP contribution < -0.4 is 0 Å². The van der Waals surface area contributed by atoms with Crippen LogP contribution in [0.25, 0.3) is 0 Å². The Labute approximate surface area is 98.3 Å². The summed E-state index contributed by atoms with van der Waals surface area (Å²) in [7, 11) is 6.07. The van der Waals surface area contributed by atoms with Crippen LogP contribution in [-0.4, -0.2) is 26.8 Å². The Hall–Kier alpha value is 0.369. The number of hydrogen-bond acceptors (Lipinski definition) is 3. The van der Waals surface area contributed by atoms with Crippen LogP contribution in [-0.2, 0) is 36.0 Å². The molecular formula is C8H16BO3Ti-. The van der Waals surface area contributed by atoms with Crippen molar-refractivity contribution in [2.45, 2.75) is 27.6 Å². The van der Waals surface area contributed by atoms with Crippen molar-refractivity contribution in [2.24, 2.45) is 0 Å². The van der Waals surface area contributed by atoms with Crippen molar-refractivity contribution in [3.8, 4) is 0 Å². The molecule has 5 heteroatoms. The van der Waals surface area contributed by atoms with Crippen LogP contribution in [0, 0.1) is 6.29 Å². The molecule has 0 aromatic rings. The smallest absolute Gasteiger partial charge is 0.121 e. The molecule has 1 heterocycles. The third-order valence-corrected chi connectivity index (χ3v) is 0.981. The van der Waals surface area contributed by atoms with Crippen LogP contribution in [0.3, 0.4) is 0 Å². The van der Waals surface area contributed by atoms with E-state index in [2.05, 4.69) is 0 Å². The molecule has 0 N–H and O–H groups in total. The number of carbonyl (C=O) groups is 1. The molecule has 0 saturated carbocycles. The first-order valence-electron chi connectivity index (χ1n) is 4.45. The summed E-state index contributed by atoms with van der Waals surface area (Å²) < 4.78 is 15.4. The summed E-state index contributed by atoms with van der Waals surface area (Å²) in [4.78, 5) is 9.69. The summed E-state index contributed by atoms with van der Waals surface area (Å²) >= 11 is 0. The molecule has 0 bridgehead atoms. The molecule has 0 aromatic heterocycles. The van der Waals surface area contributed by atoms with Crippen LogP contribution in [0.4, 0.5) is 0 Å². The molecule has 0 spiro atoms. The minimum Gasteiger partial charge on any atom is -0.520 e. The van der Waals surface area contributed by atoms with Gasteiger partial charge in [-0.3, -0.25) is 0 Å². The standard InChI is InChI=1S/C4H7O2.C3H5BO.CH4.Ti/c1-4-5-2-3-6-4;1-3(5)2-4;;/h2-3H2,1H3;2H2,1H3;1H4;/q-1;;;/i;;1T;. The molecule has 13 heavy (non-hydrogen) atoms. The monoisotopic (exact) mass is 221 g/mol. The molecule has 2 radical (unpaired) electrons. The topological polar surface area (TPSA) is 35.5 Å². The SMILES string of the molecule is C[C-]1OCCO1.[3H]C.[B]CC(C)=O.[Ti]. The van der Waals surface area contributed by atoms with Gasteiger partial charge in [-0.05, 0) is 13.2 Å². The Bertz CT molecular complexity index is 121. The van der Waals surface area contributed by atoms with Crippen molar-refractivity contribution in [3.05, 3.63) is 6.29 Å². The molecule has 0 aliphatic carbocycles. The average Bonchev–Trinajstić information content (AvgIpc) is 2.60. The van der Waals surface area contributed by atoms with Gasteiger partial charge in [0, 0.05) is 36.3 Å². The van der Waals surface area contributed by atoms with Gasteiger partial charge in [0.15, 0.2) is 0 Å². The number of hydrogen-bond donors (Lipinski definition) is 0. The summed E-state index contributed by atoms with van der Waals surface area (Å²) in [5, 5.41) is 0. The Morgan fingerprint density at radius 2 is 1.92 bits per heavy atom. The summed E-state index contributed by atoms with van der Waals surface area (Å²) in [6.07, 6.45) is 0.870. The summed E-state index contributed by atoms with van der Waals surface area (Å²) in [5.74, 6) is 0.0324. The maximum Gasteiger partial charge on any atom is 0.121 e. The van der Waals surface area contributed by atoms with E-state index in [0.717, 1.165) is 13.2 Å². The first-order chi connectivity index (χ1) is 6.16. The van der Waals surface area contributed by atoms with Crippen LogP contribution in [0.1, 0.15) is 22.6 Å². The van der Waals surface area contributed by atoms with E-state index in [1.807, 2.05) is 6.92 Å². The number of ketones is 1. The van der Waals surface area contributed by atoms with E-state index in [-0.39, 0.29) is 33.8 Å². The predicted octanol–water partition coefficient (Wildman–Crippen LogP) is 1.34. The second-order valence-corrected chi connectivity index (χ2v) is 2.09. The maximum absolute atomic E-state index is 9.69. The summed E-state index contributed by atoms with van der Waals surface area (Å²) in [5.41, 5.74) is 0. The molecule has 1 aliphatic rings. The zero-order valence-electron chi connectivity index (χ0n) is 9.42.